The Balaban J connectivity index is 1.89. The van der Waals surface area contributed by atoms with E-state index in [1.807, 2.05) is 44.3 Å². The molecule has 0 fully saturated rings. The van der Waals surface area contributed by atoms with Crippen LogP contribution in [0.4, 0.5) is 5.69 Å². The van der Waals surface area contributed by atoms with Gasteiger partial charge in [-0.15, -0.1) is 0 Å². The summed E-state index contributed by atoms with van der Waals surface area (Å²) in [7, 11) is 0. The highest BCUT2D eigenvalue weighted by Crippen LogP contribution is 2.09. The quantitative estimate of drug-likeness (QED) is 0.845. The number of aromatic nitrogens is 2. The molecule has 1 aromatic heterocycles. The molecule has 0 saturated heterocycles. The van der Waals surface area contributed by atoms with E-state index in [2.05, 4.69) is 15.6 Å². The standard InChI is InChI=1S/C15H20N4O/c1-3-16-8-14-9-19(11-17-14)10-15(20)18-13-6-4-5-12(2)7-13/h4-7,9,11,16H,3,8,10H2,1-2H3,(H,18,20). The molecule has 2 rings (SSSR count). The van der Waals surface area contributed by atoms with Crippen molar-refractivity contribution >= 4 is 11.6 Å². The number of rotatable bonds is 6. The van der Waals surface area contributed by atoms with Gasteiger partial charge in [0.1, 0.15) is 6.54 Å². The second kappa shape index (κ2) is 6.86. The molecule has 106 valence electrons. The molecular weight excluding hydrogens is 252 g/mol. The minimum atomic E-state index is -0.0528. The van der Waals surface area contributed by atoms with E-state index in [0.717, 1.165) is 30.0 Å². The van der Waals surface area contributed by atoms with Crippen LogP contribution in [0.2, 0.25) is 0 Å². The summed E-state index contributed by atoms with van der Waals surface area (Å²) in [4.78, 5) is 16.2. The summed E-state index contributed by atoms with van der Waals surface area (Å²) in [5, 5.41) is 6.08. The molecule has 5 heteroatoms. The largest absolute Gasteiger partial charge is 0.328 e. The highest BCUT2D eigenvalue weighted by atomic mass is 16.1. The van der Waals surface area contributed by atoms with Crippen molar-refractivity contribution in [1.82, 2.24) is 14.9 Å². The fourth-order valence-corrected chi connectivity index (χ4v) is 1.93. The van der Waals surface area contributed by atoms with E-state index in [0.29, 0.717) is 0 Å². The second-order valence-electron chi connectivity index (χ2n) is 4.74. The third kappa shape index (κ3) is 4.20. The summed E-state index contributed by atoms with van der Waals surface area (Å²) in [6.45, 7) is 5.95. The maximum atomic E-state index is 11.9. The molecule has 0 aliphatic carbocycles. The third-order valence-corrected chi connectivity index (χ3v) is 2.87. The number of benzene rings is 1. The molecule has 1 amide bonds. The summed E-state index contributed by atoms with van der Waals surface area (Å²) in [6.07, 6.45) is 3.57. The van der Waals surface area contributed by atoms with Crippen molar-refractivity contribution < 1.29 is 4.79 Å². The average molecular weight is 272 g/mol. The number of imidazole rings is 1. The minimum absolute atomic E-state index is 0.0528. The maximum absolute atomic E-state index is 11.9. The first kappa shape index (κ1) is 14.3. The lowest BCUT2D eigenvalue weighted by molar-refractivity contribution is -0.116. The first-order valence-corrected chi connectivity index (χ1v) is 6.75. The molecule has 5 nitrogen and oxygen atoms in total. The van der Waals surface area contributed by atoms with Gasteiger partial charge in [-0.2, -0.15) is 0 Å². The number of hydrogen-bond acceptors (Lipinski definition) is 3. The van der Waals surface area contributed by atoms with E-state index >= 15 is 0 Å². The van der Waals surface area contributed by atoms with E-state index in [9.17, 15) is 4.79 Å². The number of hydrogen-bond donors (Lipinski definition) is 2. The number of aryl methyl sites for hydroxylation is 1. The molecule has 0 saturated carbocycles. The monoisotopic (exact) mass is 272 g/mol. The molecule has 1 aromatic carbocycles. The number of nitrogens with zero attached hydrogens (tertiary/aromatic N) is 2. The molecule has 1 heterocycles. The van der Waals surface area contributed by atoms with Crippen LogP contribution >= 0.6 is 0 Å². The molecule has 0 spiro atoms. The van der Waals surface area contributed by atoms with Crippen molar-refractivity contribution in [3.8, 4) is 0 Å². The lowest BCUT2D eigenvalue weighted by Gasteiger charge is -2.06. The topological polar surface area (TPSA) is 59.0 Å². The number of carbonyl (C=O) groups is 1. The van der Waals surface area contributed by atoms with Gasteiger partial charge in [0.15, 0.2) is 0 Å². The van der Waals surface area contributed by atoms with E-state index in [4.69, 9.17) is 0 Å². The highest BCUT2D eigenvalue weighted by molar-refractivity contribution is 5.90. The van der Waals surface area contributed by atoms with Crippen LogP contribution < -0.4 is 10.6 Å². The van der Waals surface area contributed by atoms with Crippen LogP contribution in [0.25, 0.3) is 0 Å². The number of amides is 1. The Morgan fingerprint density at radius 2 is 2.25 bits per heavy atom. The Bertz CT molecular complexity index is 577. The lowest BCUT2D eigenvalue weighted by Crippen LogP contribution is -2.18. The summed E-state index contributed by atoms with van der Waals surface area (Å²) in [6, 6.07) is 7.76. The van der Waals surface area contributed by atoms with Gasteiger partial charge in [-0.05, 0) is 31.2 Å². The van der Waals surface area contributed by atoms with Crippen LogP contribution in [0.5, 0.6) is 0 Å². The van der Waals surface area contributed by atoms with Crippen molar-refractivity contribution in [2.45, 2.75) is 26.9 Å². The van der Waals surface area contributed by atoms with Crippen molar-refractivity contribution in [2.75, 3.05) is 11.9 Å². The Kier molecular flexibility index (Phi) is 4.90. The van der Waals surface area contributed by atoms with Crippen molar-refractivity contribution in [2.24, 2.45) is 0 Å². The molecule has 0 aliphatic rings. The van der Waals surface area contributed by atoms with Crippen LogP contribution in [0.1, 0.15) is 18.2 Å². The summed E-state index contributed by atoms with van der Waals surface area (Å²) < 4.78 is 1.79. The van der Waals surface area contributed by atoms with Crippen molar-refractivity contribution in [1.29, 1.82) is 0 Å². The van der Waals surface area contributed by atoms with Crippen LogP contribution in [0, 0.1) is 6.92 Å². The Morgan fingerprint density at radius 1 is 1.40 bits per heavy atom. The van der Waals surface area contributed by atoms with Crippen LogP contribution in [0.3, 0.4) is 0 Å². The predicted octanol–water partition coefficient (Wildman–Crippen LogP) is 1.94. The summed E-state index contributed by atoms with van der Waals surface area (Å²) in [5.74, 6) is -0.0528. The van der Waals surface area contributed by atoms with Gasteiger partial charge in [0.2, 0.25) is 5.91 Å². The molecule has 0 bridgehead atoms. The zero-order valence-electron chi connectivity index (χ0n) is 11.9. The van der Waals surface area contributed by atoms with Crippen LogP contribution in [0.15, 0.2) is 36.8 Å². The normalized spacial score (nSPS) is 10.5. The molecule has 2 N–H and O–H groups in total. The van der Waals surface area contributed by atoms with Gasteiger partial charge in [-0.3, -0.25) is 4.79 Å². The van der Waals surface area contributed by atoms with Gasteiger partial charge < -0.3 is 15.2 Å². The van der Waals surface area contributed by atoms with Gasteiger partial charge in [-0.1, -0.05) is 19.1 Å². The van der Waals surface area contributed by atoms with Gasteiger partial charge in [0.05, 0.1) is 12.0 Å². The molecule has 0 radical (unpaired) electrons. The van der Waals surface area contributed by atoms with E-state index in [-0.39, 0.29) is 12.5 Å². The molecule has 0 aliphatic heterocycles. The molecule has 0 unspecified atom stereocenters. The fourth-order valence-electron chi connectivity index (χ4n) is 1.93. The fraction of sp³-hybridized carbons (Fsp3) is 0.333. The number of anilines is 1. The molecule has 20 heavy (non-hydrogen) atoms. The number of nitrogens with one attached hydrogen (secondary N) is 2. The predicted molar refractivity (Wildman–Crippen MR) is 79.4 cm³/mol. The van der Waals surface area contributed by atoms with E-state index < -0.39 is 0 Å². The smallest absolute Gasteiger partial charge is 0.244 e. The Morgan fingerprint density at radius 3 is 3.00 bits per heavy atom. The van der Waals surface area contributed by atoms with Crippen molar-refractivity contribution in [3.63, 3.8) is 0 Å². The SMILES string of the molecule is CCNCc1cn(CC(=O)Nc2cccc(C)c2)cn1. The number of carbonyl (C=O) groups excluding carboxylic acids is 1. The van der Waals surface area contributed by atoms with Gasteiger partial charge in [0, 0.05) is 18.4 Å². The van der Waals surface area contributed by atoms with Gasteiger partial charge >= 0.3 is 0 Å². The maximum Gasteiger partial charge on any atom is 0.244 e. The average Bonchev–Trinajstić information content (AvgIpc) is 2.83. The summed E-state index contributed by atoms with van der Waals surface area (Å²) in [5.41, 5.74) is 2.89. The first-order chi connectivity index (χ1) is 9.67. The second-order valence-corrected chi connectivity index (χ2v) is 4.74. The minimum Gasteiger partial charge on any atom is -0.328 e. The Labute approximate surface area is 119 Å². The zero-order valence-corrected chi connectivity index (χ0v) is 11.9. The van der Waals surface area contributed by atoms with Gasteiger partial charge in [0.25, 0.3) is 0 Å². The first-order valence-electron chi connectivity index (χ1n) is 6.75. The van der Waals surface area contributed by atoms with Gasteiger partial charge in [-0.25, -0.2) is 4.98 Å². The lowest BCUT2D eigenvalue weighted by atomic mass is 10.2. The van der Waals surface area contributed by atoms with E-state index in [1.54, 1.807) is 10.9 Å². The molecule has 0 atom stereocenters. The third-order valence-electron chi connectivity index (χ3n) is 2.87. The Hall–Kier alpha value is -2.14. The van der Waals surface area contributed by atoms with Crippen LogP contribution in [-0.2, 0) is 17.9 Å². The molecule has 2 aromatic rings. The highest BCUT2D eigenvalue weighted by Gasteiger charge is 2.05. The summed E-state index contributed by atoms with van der Waals surface area (Å²) >= 11 is 0. The van der Waals surface area contributed by atoms with E-state index in [1.165, 1.54) is 0 Å². The van der Waals surface area contributed by atoms with Crippen molar-refractivity contribution in [3.05, 3.63) is 48.0 Å². The molecular formula is C15H20N4O. The zero-order chi connectivity index (χ0) is 14.4. The van der Waals surface area contributed by atoms with Crippen LogP contribution in [-0.4, -0.2) is 22.0 Å².